The molecule has 0 saturated carbocycles. The van der Waals surface area contributed by atoms with E-state index in [0.717, 1.165) is 5.56 Å². The molecule has 1 amide bonds. The number of halogens is 2. The van der Waals surface area contributed by atoms with Gasteiger partial charge in [-0.2, -0.15) is 0 Å². The van der Waals surface area contributed by atoms with Gasteiger partial charge in [-0.05, 0) is 36.8 Å². The summed E-state index contributed by atoms with van der Waals surface area (Å²) in [4.78, 5) is 27.7. The Morgan fingerprint density at radius 1 is 1.18 bits per heavy atom. The van der Waals surface area contributed by atoms with Crippen LogP contribution in [0.5, 0.6) is 11.5 Å². The molecule has 2 atom stereocenters. The van der Waals surface area contributed by atoms with Crippen molar-refractivity contribution in [3.63, 3.8) is 0 Å². The molecule has 1 heterocycles. The number of nitrogens with zero attached hydrogens (tertiary/aromatic N) is 2. The molecular formula is C24H29ClFN3O5. The Labute approximate surface area is 203 Å². The molecule has 1 saturated heterocycles. The first-order chi connectivity index (χ1) is 16.2. The van der Waals surface area contributed by atoms with Crippen molar-refractivity contribution >= 4 is 23.5 Å². The van der Waals surface area contributed by atoms with Crippen molar-refractivity contribution in [3.8, 4) is 11.5 Å². The highest BCUT2D eigenvalue weighted by Crippen LogP contribution is 2.30. The number of hydrogen-bond acceptors (Lipinski definition) is 6. The van der Waals surface area contributed by atoms with Crippen LogP contribution in [-0.4, -0.2) is 71.7 Å². The molecule has 0 bridgehead atoms. The molecule has 8 nitrogen and oxygen atoms in total. The van der Waals surface area contributed by atoms with Gasteiger partial charge in [0.1, 0.15) is 11.9 Å². The molecule has 0 aromatic heterocycles. The van der Waals surface area contributed by atoms with Crippen molar-refractivity contribution in [3.05, 3.63) is 58.9 Å². The largest absolute Gasteiger partial charge is 0.490 e. The Balaban J connectivity index is 1.51. The van der Waals surface area contributed by atoms with Crippen LogP contribution in [0.4, 0.5) is 4.39 Å². The number of hydrogen-bond donors (Lipinski definition) is 2. The Kier molecular flexibility index (Phi) is 9.09. The van der Waals surface area contributed by atoms with E-state index in [1.165, 1.54) is 12.1 Å². The molecule has 1 aliphatic heterocycles. The van der Waals surface area contributed by atoms with Gasteiger partial charge in [-0.25, -0.2) is 4.39 Å². The van der Waals surface area contributed by atoms with E-state index in [0.29, 0.717) is 42.7 Å². The number of rotatable bonds is 10. The summed E-state index contributed by atoms with van der Waals surface area (Å²) in [5, 5.41) is 9.30. The molecule has 0 radical (unpaired) electrons. The van der Waals surface area contributed by atoms with E-state index in [1.807, 2.05) is 6.92 Å². The van der Waals surface area contributed by atoms with E-state index in [9.17, 15) is 14.0 Å². The normalized spacial score (nSPS) is 17.3. The zero-order valence-corrected chi connectivity index (χ0v) is 19.7. The standard InChI is InChI=1S/C24H29ClFN3O5/c1-16-13-28(14-17-2-5-19(26)6-3-17)9-10-29(16)23(30)15-34-21-7-4-18(25)12-22(21)33-11-8-20(27)24(31)32/h2-7,12,16,20H,8-11,13-15,27H2,1H3,(H,31,32). The fourth-order valence-corrected chi connectivity index (χ4v) is 3.91. The third kappa shape index (κ3) is 7.31. The first kappa shape index (κ1) is 25.7. The average molecular weight is 494 g/mol. The number of carboxylic acids is 1. The summed E-state index contributed by atoms with van der Waals surface area (Å²) in [6.45, 7) is 4.52. The molecular weight excluding hydrogens is 465 g/mol. The second kappa shape index (κ2) is 12.0. The fraction of sp³-hybridized carbons (Fsp3) is 0.417. The zero-order chi connectivity index (χ0) is 24.7. The fourth-order valence-electron chi connectivity index (χ4n) is 3.75. The first-order valence-corrected chi connectivity index (χ1v) is 11.4. The van der Waals surface area contributed by atoms with E-state index in [4.69, 9.17) is 31.9 Å². The highest BCUT2D eigenvalue weighted by Gasteiger charge is 2.28. The molecule has 1 fully saturated rings. The summed E-state index contributed by atoms with van der Waals surface area (Å²) < 4.78 is 24.4. The van der Waals surface area contributed by atoms with Crippen LogP contribution in [0.2, 0.25) is 5.02 Å². The topological polar surface area (TPSA) is 105 Å². The second-order valence-electron chi connectivity index (χ2n) is 8.26. The minimum Gasteiger partial charge on any atom is -0.490 e. The number of ether oxygens (including phenoxy) is 2. The molecule has 3 rings (SSSR count). The maximum atomic E-state index is 13.1. The van der Waals surface area contributed by atoms with Crippen LogP contribution in [0.3, 0.4) is 0 Å². The van der Waals surface area contributed by atoms with Crippen molar-refractivity contribution in [2.24, 2.45) is 5.73 Å². The lowest BCUT2D eigenvalue weighted by molar-refractivity contribution is -0.139. The lowest BCUT2D eigenvalue weighted by atomic mass is 10.1. The van der Waals surface area contributed by atoms with Gasteiger partial charge in [0.15, 0.2) is 18.1 Å². The van der Waals surface area contributed by atoms with Crippen molar-refractivity contribution < 1.29 is 28.6 Å². The number of piperazine rings is 1. The maximum absolute atomic E-state index is 13.1. The third-order valence-corrected chi connectivity index (χ3v) is 5.85. The zero-order valence-electron chi connectivity index (χ0n) is 19.0. The molecule has 3 N–H and O–H groups in total. The summed E-state index contributed by atoms with van der Waals surface area (Å²) in [6.07, 6.45) is 0.111. The molecule has 34 heavy (non-hydrogen) atoms. The van der Waals surface area contributed by atoms with Crippen molar-refractivity contribution in [1.82, 2.24) is 9.80 Å². The minimum atomic E-state index is -1.11. The number of carboxylic acid groups (broad SMARTS) is 1. The third-order valence-electron chi connectivity index (χ3n) is 5.61. The molecule has 0 aliphatic carbocycles. The second-order valence-corrected chi connectivity index (χ2v) is 8.70. The number of aliphatic carboxylic acids is 1. The highest BCUT2D eigenvalue weighted by atomic mass is 35.5. The lowest BCUT2D eigenvalue weighted by Crippen LogP contribution is -2.54. The van der Waals surface area contributed by atoms with Gasteiger partial charge in [-0.1, -0.05) is 23.7 Å². The predicted molar refractivity (Wildman–Crippen MR) is 126 cm³/mol. The van der Waals surface area contributed by atoms with Crippen LogP contribution < -0.4 is 15.2 Å². The Hall–Kier alpha value is -2.88. The number of amides is 1. The van der Waals surface area contributed by atoms with Gasteiger partial charge in [-0.15, -0.1) is 0 Å². The Morgan fingerprint density at radius 2 is 1.91 bits per heavy atom. The summed E-state index contributed by atoms with van der Waals surface area (Å²) in [5.74, 6) is -0.865. The van der Waals surface area contributed by atoms with Crippen molar-refractivity contribution in [2.45, 2.75) is 32.0 Å². The van der Waals surface area contributed by atoms with Gasteiger partial charge in [-0.3, -0.25) is 14.5 Å². The lowest BCUT2D eigenvalue weighted by Gasteiger charge is -2.39. The predicted octanol–water partition coefficient (Wildman–Crippen LogP) is 2.77. The summed E-state index contributed by atoms with van der Waals surface area (Å²) >= 11 is 6.04. The number of carbonyl (C=O) groups is 2. The van der Waals surface area contributed by atoms with E-state index >= 15 is 0 Å². The molecule has 10 heteroatoms. The van der Waals surface area contributed by atoms with E-state index in [1.54, 1.807) is 35.2 Å². The van der Waals surface area contributed by atoms with Gasteiger partial charge < -0.3 is 25.2 Å². The number of nitrogens with two attached hydrogens (primary N) is 1. The van der Waals surface area contributed by atoms with Crippen LogP contribution >= 0.6 is 11.6 Å². The summed E-state index contributed by atoms with van der Waals surface area (Å²) in [7, 11) is 0. The van der Waals surface area contributed by atoms with Gasteiger partial charge >= 0.3 is 5.97 Å². The van der Waals surface area contributed by atoms with Crippen LogP contribution in [0.1, 0.15) is 18.9 Å². The van der Waals surface area contributed by atoms with Crippen LogP contribution in [0.15, 0.2) is 42.5 Å². The monoisotopic (exact) mass is 493 g/mol. The molecule has 184 valence electrons. The molecule has 2 aromatic rings. The Morgan fingerprint density at radius 3 is 2.59 bits per heavy atom. The average Bonchev–Trinajstić information content (AvgIpc) is 2.80. The molecule has 2 unspecified atom stereocenters. The highest BCUT2D eigenvalue weighted by molar-refractivity contribution is 6.30. The maximum Gasteiger partial charge on any atom is 0.320 e. The first-order valence-electron chi connectivity index (χ1n) is 11.0. The quantitative estimate of drug-likeness (QED) is 0.524. The van der Waals surface area contributed by atoms with E-state index in [-0.39, 0.29) is 37.4 Å². The van der Waals surface area contributed by atoms with Crippen LogP contribution in [0, 0.1) is 5.82 Å². The van der Waals surface area contributed by atoms with Gasteiger partial charge in [0.25, 0.3) is 5.91 Å². The minimum absolute atomic E-state index is 0.0104. The van der Waals surface area contributed by atoms with Gasteiger partial charge in [0.2, 0.25) is 0 Å². The summed E-state index contributed by atoms with van der Waals surface area (Å²) in [6, 6.07) is 10.2. The van der Waals surface area contributed by atoms with Gasteiger partial charge in [0.05, 0.1) is 6.61 Å². The van der Waals surface area contributed by atoms with Crippen molar-refractivity contribution in [1.29, 1.82) is 0 Å². The molecule has 2 aromatic carbocycles. The van der Waals surface area contributed by atoms with E-state index in [2.05, 4.69) is 4.90 Å². The van der Waals surface area contributed by atoms with Gasteiger partial charge in [0, 0.05) is 49.7 Å². The van der Waals surface area contributed by atoms with E-state index < -0.39 is 12.0 Å². The molecule has 1 aliphatic rings. The van der Waals surface area contributed by atoms with Crippen molar-refractivity contribution in [2.75, 3.05) is 32.8 Å². The smallest absolute Gasteiger partial charge is 0.320 e. The van der Waals surface area contributed by atoms with Crippen LogP contribution in [0.25, 0.3) is 0 Å². The number of benzene rings is 2. The van der Waals surface area contributed by atoms with Crippen LogP contribution in [-0.2, 0) is 16.1 Å². The Bertz CT molecular complexity index is 991. The summed E-state index contributed by atoms with van der Waals surface area (Å²) in [5.41, 5.74) is 6.52. The molecule has 0 spiro atoms. The SMILES string of the molecule is CC1CN(Cc2ccc(F)cc2)CCN1C(=O)COc1ccc(Cl)cc1OCCC(N)C(=O)O. The number of carbonyl (C=O) groups excluding carboxylic acids is 1.